The summed E-state index contributed by atoms with van der Waals surface area (Å²) in [5.74, 6) is -0.505. The maximum absolute atomic E-state index is 12.7. The molecule has 0 saturated carbocycles. The summed E-state index contributed by atoms with van der Waals surface area (Å²) in [5.41, 5.74) is -0.843. The van der Waals surface area contributed by atoms with Crippen molar-refractivity contribution >= 4 is 21.8 Å². The van der Waals surface area contributed by atoms with Crippen LogP contribution < -0.4 is 5.32 Å². The smallest absolute Gasteiger partial charge is 0.381 e. The molecular weight excluding hydrogens is 339 g/mol. The molecule has 0 atom stereocenters. The second-order valence-corrected chi connectivity index (χ2v) is 5.41. The van der Waals surface area contributed by atoms with Gasteiger partial charge in [0.05, 0.1) is 11.1 Å². The summed E-state index contributed by atoms with van der Waals surface area (Å²) in [5, 5.41) is 2.74. The number of amides is 1. The molecule has 1 N–H and O–H groups in total. The molecule has 2 rings (SSSR count). The fourth-order valence-electron chi connectivity index (χ4n) is 1.98. The predicted molar refractivity (Wildman–Crippen MR) is 70.5 cm³/mol. The highest BCUT2D eigenvalue weighted by atomic mass is 79.9. The molecule has 1 aromatic carbocycles. The standard InChI is InChI=1S/C13H13BrF3NO2/c14-11-2-1-8(13(15,16)17)7-10(11)12(19)18-9-3-5-20-6-4-9/h1-2,7,9H,3-6H2,(H,18,19). The Morgan fingerprint density at radius 2 is 1.95 bits per heavy atom. The number of alkyl halides is 3. The van der Waals surface area contributed by atoms with Gasteiger partial charge in [0.15, 0.2) is 0 Å². The van der Waals surface area contributed by atoms with Gasteiger partial charge in [-0.2, -0.15) is 13.2 Å². The van der Waals surface area contributed by atoms with Crippen molar-refractivity contribution in [1.82, 2.24) is 5.32 Å². The molecule has 1 amide bonds. The predicted octanol–water partition coefficient (Wildman–Crippen LogP) is 3.38. The van der Waals surface area contributed by atoms with Gasteiger partial charge >= 0.3 is 6.18 Å². The van der Waals surface area contributed by atoms with Crippen molar-refractivity contribution in [3.63, 3.8) is 0 Å². The maximum atomic E-state index is 12.7. The van der Waals surface area contributed by atoms with Crippen LogP contribution in [-0.4, -0.2) is 25.2 Å². The van der Waals surface area contributed by atoms with Crippen LogP contribution in [0.5, 0.6) is 0 Å². The zero-order chi connectivity index (χ0) is 14.8. The summed E-state index contributed by atoms with van der Waals surface area (Å²) in [6.45, 7) is 1.10. The van der Waals surface area contributed by atoms with Crippen LogP contribution in [0.15, 0.2) is 22.7 Å². The molecule has 0 unspecified atom stereocenters. The fraction of sp³-hybridized carbons (Fsp3) is 0.462. The molecule has 7 heteroatoms. The Bertz CT molecular complexity index is 499. The number of nitrogens with one attached hydrogen (secondary N) is 1. The zero-order valence-corrected chi connectivity index (χ0v) is 12.1. The van der Waals surface area contributed by atoms with E-state index in [-0.39, 0.29) is 11.6 Å². The van der Waals surface area contributed by atoms with E-state index in [0.29, 0.717) is 30.5 Å². The number of halogens is 4. The molecule has 0 radical (unpaired) electrons. The SMILES string of the molecule is O=C(NC1CCOCC1)c1cc(C(F)(F)F)ccc1Br. The highest BCUT2D eigenvalue weighted by molar-refractivity contribution is 9.10. The fourth-order valence-corrected chi connectivity index (χ4v) is 2.41. The topological polar surface area (TPSA) is 38.3 Å². The minimum atomic E-state index is -4.46. The van der Waals surface area contributed by atoms with E-state index in [1.165, 1.54) is 6.07 Å². The third-order valence-corrected chi connectivity index (χ3v) is 3.79. The quantitative estimate of drug-likeness (QED) is 0.886. The molecule has 20 heavy (non-hydrogen) atoms. The molecular formula is C13H13BrF3NO2. The van der Waals surface area contributed by atoms with E-state index >= 15 is 0 Å². The largest absolute Gasteiger partial charge is 0.416 e. The van der Waals surface area contributed by atoms with E-state index in [4.69, 9.17) is 4.74 Å². The maximum Gasteiger partial charge on any atom is 0.416 e. The summed E-state index contributed by atoms with van der Waals surface area (Å²) in [7, 11) is 0. The molecule has 1 fully saturated rings. The number of carbonyl (C=O) groups is 1. The van der Waals surface area contributed by atoms with Gasteiger partial charge in [-0.05, 0) is 47.0 Å². The Labute approximate surface area is 122 Å². The molecule has 1 saturated heterocycles. The van der Waals surface area contributed by atoms with Crippen LogP contribution in [-0.2, 0) is 10.9 Å². The van der Waals surface area contributed by atoms with Crippen molar-refractivity contribution in [2.45, 2.75) is 25.1 Å². The van der Waals surface area contributed by atoms with E-state index in [1.807, 2.05) is 0 Å². The number of hydrogen-bond donors (Lipinski definition) is 1. The number of benzene rings is 1. The van der Waals surface area contributed by atoms with Crippen LogP contribution in [0.1, 0.15) is 28.8 Å². The number of rotatable bonds is 2. The van der Waals surface area contributed by atoms with Crippen molar-refractivity contribution in [1.29, 1.82) is 0 Å². The first kappa shape index (κ1) is 15.3. The molecule has 0 aliphatic carbocycles. The van der Waals surface area contributed by atoms with Gasteiger partial charge in [0.2, 0.25) is 0 Å². The van der Waals surface area contributed by atoms with E-state index in [9.17, 15) is 18.0 Å². The number of hydrogen-bond acceptors (Lipinski definition) is 2. The Morgan fingerprint density at radius 1 is 1.30 bits per heavy atom. The lowest BCUT2D eigenvalue weighted by atomic mass is 10.1. The Balaban J connectivity index is 2.16. The van der Waals surface area contributed by atoms with E-state index in [1.54, 1.807) is 0 Å². The summed E-state index contributed by atoms with van der Waals surface area (Å²) in [6.07, 6.45) is -3.13. The van der Waals surface area contributed by atoms with Crippen molar-refractivity contribution in [3.05, 3.63) is 33.8 Å². The Hall–Kier alpha value is -1.08. The van der Waals surface area contributed by atoms with Crippen LogP contribution in [0.2, 0.25) is 0 Å². The third-order valence-electron chi connectivity index (χ3n) is 3.09. The molecule has 1 aliphatic rings. The monoisotopic (exact) mass is 351 g/mol. The highest BCUT2D eigenvalue weighted by Crippen LogP contribution is 2.31. The van der Waals surface area contributed by atoms with Gasteiger partial charge in [0.25, 0.3) is 5.91 Å². The van der Waals surface area contributed by atoms with Crippen molar-refractivity contribution in [2.24, 2.45) is 0 Å². The number of ether oxygens (including phenoxy) is 1. The Morgan fingerprint density at radius 3 is 2.55 bits per heavy atom. The molecule has 0 spiro atoms. The molecule has 1 aromatic rings. The van der Waals surface area contributed by atoms with Gasteiger partial charge in [-0.3, -0.25) is 4.79 Å². The van der Waals surface area contributed by atoms with Crippen LogP contribution in [0.3, 0.4) is 0 Å². The molecule has 1 heterocycles. The van der Waals surface area contributed by atoms with Gasteiger partial charge < -0.3 is 10.1 Å². The Kier molecular flexibility index (Phi) is 4.70. The lowest BCUT2D eigenvalue weighted by Gasteiger charge is -2.23. The van der Waals surface area contributed by atoms with E-state index in [2.05, 4.69) is 21.2 Å². The summed E-state index contributed by atoms with van der Waals surface area (Å²) in [6, 6.07) is 2.98. The van der Waals surface area contributed by atoms with Crippen molar-refractivity contribution < 1.29 is 22.7 Å². The van der Waals surface area contributed by atoms with Crippen molar-refractivity contribution in [3.8, 4) is 0 Å². The van der Waals surface area contributed by atoms with Crippen LogP contribution in [0.25, 0.3) is 0 Å². The third kappa shape index (κ3) is 3.73. The summed E-state index contributed by atoms with van der Waals surface area (Å²) in [4.78, 5) is 12.1. The highest BCUT2D eigenvalue weighted by Gasteiger charge is 2.31. The summed E-state index contributed by atoms with van der Waals surface area (Å²) >= 11 is 3.11. The second kappa shape index (κ2) is 6.13. The van der Waals surface area contributed by atoms with Crippen LogP contribution in [0.4, 0.5) is 13.2 Å². The van der Waals surface area contributed by atoms with Gasteiger partial charge in [0, 0.05) is 23.7 Å². The van der Waals surface area contributed by atoms with Gasteiger partial charge in [0.1, 0.15) is 0 Å². The molecule has 0 bridgehead atoms. The van der Waals surface area contributed by atoms with E-state index in [0.717, 1.165) is 12.1 Å². The first-order valence-electron chi connectivity index (χ1n) is 6.13. The minimum Gasteiger partial charge on any atom is -0.381 e. The van der Waals surface area contributed by atoms with Crippen LogP contribution >= 0.6 is 15.9 Å². The average Bonchev–Trinajstić information content (AvgIpc) is 2.39. The van der Waals surface area contributed by atoms with Gasteiger partial charge in [-0.25, -0.2) is 0 Å². The molecule has 1 aliphatic heterocycles. The lowest BCUT2D eigenvalue weighted by molar-refractivity contribution is -0.137. The first-order valence-corrected chi connectivity index (χ1v) is 6.92. The first-order chi connectivity index (χ1) is 9.38. The van der Waals surface area contributed by atoms with Gasteiger partial charge in [-0.1, -0.05) is 0 Å². The molecule has 0 aromatic heterocycles. The van der Waals surface area contributed by atoms with Gasteiger partial charge in [-0.15, -0.1) is 0 Å². The normalized spacial score (nSPS) is 17.0. The minimum absolute atomic E-state index is 0.00804. The average molecular weight is 352 g/mol. The zero-order valence-electron chi connectivity index (χ0n) is 10.5. The van der Waals surface area contributed by atoms with Crippen molar-refractivity contribution in [2.75, 3.05) is 13.2 Å². The lowest BCUT2D eigenvalue weighted by Crippen LogP contribution is -2.39. The summed E-state index contributed by atoms with van der Waals surface area (Å²) < 4.78 is 43.5. The van der Waals surface area contributed by atoms with E-state index < -0.39 is 17.6 Å². The van der Waals surface area contributed by atoms with Crippen LogP contribution in [0, 0.1) is 0 Å². The molecule has 3 nitrogen and oxygen atoms in total. The number of carbonyl (C=O) groups excluding carboxylic acids is 1. The second-order valence-electron chi connectivity index (χ2n) is 4.55. The molecule has 110 valence electrons.